The smallest absolute Gasteiger partial charge is 0.229 e. The van der Waals surface area contributed by atoms with E-state index in [0.29, 0.717) is 0 Å². The van der Waals surface area contributed by atoms with Crippen molar-refractivity contribution < 1.29 is 55.1 Å². The fourth-order valence-electron chi connectivity index (χ4n) is 3.66. The third-order valence-corrected chi connectivity index (χ3v) is 5.48. The standard InChI is InChI=1S/C19H28O11/c20-7-12-15(24)16(25)13(22)10(29-12)5-6-11-14(23)17(26)18(27)19(30-11)28-9-3-1-8(21)2-4-9/h1-4,10-27H,5-7H2/t10-,11-,12-,13+,14-,15-,16-,17+,18-,19-/m1/s1. The third-order valence-electron chi connectivity index (χ3n) is 5.48. The predicted octanol–water partition coefficient (Wildman–Crippen LogP) is -2.80. The number of aliphatic hydroxyl groups excluding tert-OH is 7. The Morgan fingerprint density at radius 1 is 0.667 bits per heavy atom. The molecule has 1 aromatic rings. The second kappa shape index (κ2) is 9.73. The maximum absolute atomic E-state index is 10.3. The highest BCUT2D eigenvalue weighted by Crippen LogP contribution is 2.30. The first kappa shape index (κ1) is 23.1. The molecule has 0 unspecified atom stereocenters. The third kappa shape index (κ3) is 4.85. The number of phenolic OH excluding ortho intramolecular Hbond substituents is 1. The lowest BCUT2D eigenvalue weighted by molar-refractivity contribution is -0.277. The van der Waals surface area contributed by atoms with E-state index in [2.05, 4.69) is 0 Å². The molecule has 2 aliphatic rings. The van der Waals surface area contributed by atoms with Crippen molar-refractivity contribution in [2.45, 2.75) is 74.1 Å². The minimum absolute atomic E-state index is 0.0142. The van der Waals surface area contributed by atoms with Gasteiger partial charge in [0.2, 0.25) is 6.29 Å². The first-order valence-electron chi connectivity index (χ1n) is 9.68. The lowest BCUT2D eigenvalue weighted by Gasteiger charge is -2.42. The summed E-state index contributed by atoms with van der Waals surface area (Å²) in [5, 5.41) is 79.0. The summed E-state index contributed by atoms with van der Waals surface area (Å²) in [6.07, 6.45) is -13.2. The highest BCUT2D eigenvalue weighted by molar-refractivity contribution is 5.30. The van der Waals surface area contributed by atoms with Crippen LogP contribution in [0.3, 0.4) is 0 Å². The van der Waals surface area contributed by atoms with Crippen LogP contribution in [0.1, 0.15) is 12.8 Å². The Labute approximate surface area is 172 Å². The number of aliphatic hydroxyl groups is 7. The molecule has 0 bridgehead atoms. The fraction of sp³-hybridized carbons (Fsp3) is 0.684. The molecule has 0 spiro atoms. The van der Waals surface area contributed by atoms with Gasteiger partial charge in [0.25, 0.3) is 0 Å². The van der Waals surface area contributed by atoms with Crippen LogP contribution in [0.25, 0.3) is 0 Å². The summed E-state index contributed by atoms with van der Waals surface area (Å²) in [6, 6.07) is 5.61. The Morgan fingerprint density at radius 2 is 1.17 bits per heavy atom. The minimum Gasteiger partial charge on any atom is -0.508 e. The van der Waals surface area contributed by atoms with Crippen molar-refractivity contribution in [2.24, 2.45) is 0 Å². The molecule has 8 N–H and O–H groups in total. The Hall–Kier alpha value is -1.54. The predicted molar refractivity (Wildman–Crippen MR) is 98.4 cm³/mol. The Kier molecular flexibility index (Phi) is 7.50. The molecule has 2 aliphatic heterocycles. The van der Waals surface area contributed by atoms with Crippen LogP contribution in [0.5, 0.6) is 11.5 Å². The average molecular weight is 432 g/mol. The highest BCUT2D eigenvalue weighted by atomic mass is 16.7. The van der Waals surface area contributed by atoms with Gasteiger partial charge in [0.05, 0.1) is 18.8 Å². The van der Waals surface area contributed by atoms with Gasteiger partial charge in [-0.25, -0.2) is 0 Å². The molecule has 0 aliphatic carbocycles. The van der Waals surface area contributed by atoms with Gasteiger partial charge in [0, 0.05) is 0 Å². The monoisotopic (exact) mass is 432 g/mol. The highest BCUT2D eigenvalue weighted by Gasteiger charge is 2.47. The number of ether oxygens (including phenoxy) is 3. The first-order valence-corrected chi connectivity index (χ1v) is 9.68. The van der Waals surface area contributed by atoms with Crippen LogP contribution >= 0.6 is 0 Å². The van der Waals surface area contributed by atoms with Crippen molar-refractivity contribution in [3.8, 4) is 11.5 Å². The van der Waals surface area contributed by atoms with Gasteiger partial charge in [-0.15, -0.1) is 0 Å². The molecule has 0 saturated carbocycles. The molecule has 3 rings (SSSR count). The molecule has 11 nitrogen and oxygen atoms in total. The van der Waals surface area contributed by atoms with E-state index in [-0.39, 0.29) is 24.3 Å². The molecule has 2 fully saturated rings. The number of hydrogen-bond donors (Lipinski definition) is 8. The summed E-state index contributed by atoms with van der Waals surface area (Å²) in [5.74, 6) is 0.272. The summed E-state index contributed by atoms with van der Waals surface area (Å²) >= 11 is 0. The second-order valence-electron chi connectivity index (χ2n) is 7.57. The van der Waals surface area contributed by atoms with Crippen LogP contribution in [0.4, 0.5) is 0 Å². The van der Waals surface area contributed by atoms with E-state index in [1.165, 1.54) is 24.3 Å². The van der Waals surface area contributed by atoms with Crippen molar-refractivity contribution in [1.29, 1.82) is 0 Å². The summed E-state index contributed by atoms with van der Waals surface area (Å²) in [5.41, 5.74) is 0. The zero-order valence-electron chi connectivity index (χ0n) is 16.0. The summed E-state index contributed by atoms with van der Waals surface area (Å²) in [7, 11) is 0. The van der Waals surface area contributed by atoms with Crippen molar-refractivity contribution in [3.05, 3.63) is 24.3 Å². The lowest BCUT2D eigenvalue weighted by Crippen LogP contribution is -2.60. The molecule has 10 atom stereocenters. The number of phenols is 1. The van der Waals surface area contributed by atoms with Gasteiger partial charge in [0.15, 0.2) is 0 Å². The molecule has 2 heterocycles. The zero-order chi connectivity index (χ0) is 22.0. The molecular formula is C19H28O11. The summed E-state index contributed by atoms with van der Waals surface area (Å²) in [4.78, 5) is 0. The minimum atomic E-state index is -1.57. The van der Waals surface area contributed by atoms with E-state index in [9.17, 15) is 40.9 Å². The quantitative estimate of drug-likeness (QED) is 0.232. The van der Waals surface area contributed by atoms with Crippen LogP contribution in [-0.4, -0.2) is 109 Å². The number of aromatic hydroxyl groups is 1. The van der Waals surface area contributed by atoms with Crippen LogP contribution in [0.2, 0.25) is 0 Å². The van der Waals surface area contributed by atoms with Crippen LogP contribution < -0.4 is 4.74 Å². The van der Waals surface area contributed by atoms with E-state index in [1.807, 2.05) is 0 Å². The second-order valence-corrected chi connectivity index (χ2v) is 7.57. The van der Waals surface area contributed by atoms with E-state index >= 15 is 0 Å². The topological polar surface area (TPSA) is 190 Å². The van der Waals surface area contributed by atoms with Gasteiger partial charge < -0.3 is 55.1 Å². The SMILES string of the molecule is OC[C@H]1O[C@H](CC[C@H]2O[C@@H](Oc3ccc(O)cc3)[C@H](O)[C@@H](O)[C@@H]2O)[C@H](O)[C@@H](O)[C@@H]1O. The summed E-state index contributed by atoms with van der Waals surface area (Å²) < 4.78 is 16.5. The Bertz CT molecular complexity index is 669. The normalized spacial score (nSPS) is 42.1. The van der Waals surface area contributed by atoms with E-state index in [0.717, 1.165) is 0 Å². The molecule has 1 aromatic carbocycles. The van der Waals surface area contributed by atoms with E-state index in [4.69, 9.17) is 14.2 Å². The maximum atomic E-state index is 10.3. The lowest BCUT2D eigenvalue weighted by atomic mass is 9.90. The largest absolute Gasteiger partial charge is 0.508 e. The van der Waals surface area contributed by atoms with Crippen molar-refractivity contribution in [2.75, 3.05) is 6.61 Å². The number of benzene rings is 1. The molecule has 30 heavy (non-hydrogen) atoms. The first-order chi connectivity index (χ1) is 14.2. The van der Waals surface area contributed by atoms with E-state index < -0.39 is 67.8 Å². The van der Waals surface area contributed by atoms with Crippen LogP contribution in [-0.2, 0) is 9.47 Å². The molecule has 2 saturated heterocycles. The summed E-state index contributed by atoms with van der Waals surface area (Å²) in [6.45, 7) is -0.558. The maximum Gasteiger partial charge on any atom is 0.229 e. The van der Waals surface area contributed by atoms with Gasteiger partial charge in [0.1, 0.15) is 54.2 Å². The van der Waals surface area contributed by atoms with Gasteiger partial charge in [-0.1, -0.05) is 0 Å². The zero-order valence-corrected chi connectivity index (χ0v) is 16.0. The van der Waals surface area contributed by atoms with Crippen molar-refractivity contribution in [3.63, 3.8) is 0 Å². The van der Waals surface area contributed by atoms with Crippen LogP contribution in [0.15, 0.2) is 24.3 Å². The van der Waals surface area contributed by atoms with Crippen molar-refractivity contribution in [1.82, 2.24) is 0 Å². The number of hydrogen-bond acceptors (Lipinski definition) is 11. The Balaban J connectivity index is 1.63. The van der Waals surface area contributed by atoms with Crippen LogP contribution in [0, 0.1) is 0 Å². The molecule has 0 radical (unpaired) electrons. The van der Waals surface area contributed by atoms with Gasteiger partial charge >= 0.3 is 0 Å². The molecule has 11 heteroatoms. The average Bonchev–Trinajstić information content (AvgIpc) is 2.74. The molecular weight excluding hydrogens is 404 g/mol. The Morgan fingerprint density at radius 3 is 1.73 bits per heavy atom. The van der Waals surface area contributed by atoms with Gasteiger partial charge in [-0.05, 0) is 37.1 Å². The van der Waals surface area contributed by atoms with Gasteiger partial charge in [-0.3, -0.25) is 0 Å². The van der Waals surface area contributed by atoms with Gasteiger partial charge in [-0.2, -0.15) is 0 Å². The number of rotatable bonds is 6. The van der Waals surface area contributed by atoms with E-state index in [1.54, 1.807) is 0 Å². The van der Waals surface area contributed by atoms with Crippen molar-refractivity contribution >= 4 is 0 Å². The molecule has 170 valence electrons. The molecule has 0 amide bonds. The molecule has 0 aromatic heterocycles. The fourth-order valence-corrected chi connectivity index (χ4v) is 3.66.